The van der Waals surface area contributed by atoms with Crippen molar-refractivity contribution >= 4 is 27.0 Å². The van der Waals surface area contributed by atoms with Gasteiger partial charge in [-0.25, -0.2) is 0 Å². The van der Waals surface area contributed by atoms with Gasteiger partial charge in [0.25, 0.3) is 0 Å². The highest BCUT2D eigenvalue weighted by atomic mass is 79.9. The largest absolute Gasteiger partial charge is 0.471 e. The number of hydrogen-bond donors (Lipinski definition) is 1. The molecule has 0 radical (unpaired) electrons. The van der Waals surface area contributed by atoms with E-state index in [0.29, 0.717) is 18.4 Å². The molecule has 1 aliphatic carbocycles. The molecule has 0 aromatic carbocycles. The van der Waals surface area contributed by atoms with E-state index in [4.69, 9.17) is 4.74 Å². The Balaban J connectivity index is 1.66. The average molecular weight is 344 g/mol. The molecule has 4 nitrogen and oxygen atoms in total. The molecule has 3 heterocycles. The lowest BCUT2D eigenvalue weighted by Gasteiger charge is -2.08. The summed E-state index contributed by atoms with van der Waals surface area (Å²) in [6, 6.07) is 7.88. The Bertz CT molecular complexity index is 781. The maximum Gasteiger partial charge on any atom is 0.215 e. The fourth-order valence-electron chi connectivity index (χ4n) is 2.52. The number of ether oxygens (including phenoxy) is 1. The molecule has 0 bridgehead atoms. The van der Waals surface area contributed by atoms with Crippen LogP contribution in [0.5, 0.6) is 5.88 Å². The first-order chi connectivity index (χ1) is 10.3. The number of fused-ring (bicyclic) bond motifs is 1. The van der Waals surface area contributed by atoms with Gasteiger partial charge in [-0.1, -0.05) is 6.07 Å². The van der Waals surface area contributed by atoms with E-state index in [1.807, 2.05) is 24.4 Å². The smallest absolute Gasteiger partial charge is 0.215 e. The van der Waals surface area contributed by atoms with Crippen molar-refractivity contribution in [2.24, 2.45) is 0 Å². The van der Waals surface area contributed by atoms with E-state index in [9.17, 15) is 0 Å². The molecule has 106 valence electrons. The number of hydrogen-bond acceptors (Lipinski definition) is 3. The fourth-order valence-corrected chi connectivity index (χ4v) is 3.05. The molecule has 3 aromatic rings. The molecular formula is C16H14BrN3O. The lowest BCUT2D eigenvalue weighted by molar-refractivity contribution is 0.290. The standard InChI is InChI=1S/C16H14BrN3O/c17-13-8-19-16-15(13)12(10-4-5-10)7-14(20-16)21-9-11-3-1-2-6-18-11/h1-3,6-8,10H,4-5,9H2,(H,19,20). The van der Waals surface area contributed by atoms with Gasteiger partial charge in [-0.3, -0.25) is 4.98 Å². The lowest BCUT2D eigenvalue weighted by Crippen LogP contribution is -2.00. The molecule has 5 heteroatoms. The molecule has 4 rings (SSSR count). The van der Waals surface area contributed by atoms with Gasteiger partial charge in [0.1, 0.15) is 12.3 Å². The molecule has 1 N–H and O–H groups in total. The number of halogens is 1. The van der Waals surface area contributed by atoms with Gasteiger partial charge >= 0.3 is 0 Å². The highest BCUT2D eigenvalue weighted by Crippen LogP contribution is 2.45. The minimum absolute atomic E-state index is 0.436. The molecule has 1 fully saturated rings. The van der Waals surface area contributed by atoms with Crippen molar-refractivity contribution in [3.8, 4) is 5.88 Å². The molecule has 21 heavy (non-hydrogen) atoms. The molecule has 0 amide bonds. The second-order valence-corrected chi connectivity index (χ2v) is 6.15. The van der Waals surface area contributed by atoms with Crippen molar-refractivity contribution in [2.45, 2.75) is 25.4 Å². The zero-order valence-corrected chi connectivity index (χ0v) is 12.9. The van der Waals surface area contributed by atoms with Crippen molar-refractivity contribution in [2.75, 3.05) is 0 Å². The number of aromatic nitrogens is 3. The summed E-state index contributed by atoms with van der Waals surface area (Å²) >= 11 is 3.59. The van der Waals surface area contributed by atoms with E-state index in [-0.39, 0.29) is 0 Å². The first-order valence-corrected chi connectivity index (χ1v) is 7.81. The Morgan fingerprint density at radius 1 is 1.33 bits per heavy atom. The van der Waals surface area contributed by atoms with Crippen LogP contribution in [0, 0.1) is 0 Å². The van der Waals surface area contributed by atoms with Gasteiger partial charge in [0.2, 0.25) is 5.88 Å². The van der Waals surface area contributed by atoms with E-state index < -0.39 is 0 Å². The van der Waals surface area contributed by atoms with Crippen molar-refractivity contribution in [3.05, 3.63) is 52.4 Å². The quantitative estimate of drug-likeness (QED) is 0.773. The predicted molar refractivity (Wildman–Crippen MR) is 84.3 cm³/mol. The van der Waals surface area contributed by atoms with Gasteiger partial charge < -0.3 is 9.72 Å². The van der Waals surface area contributed by atoms with E-state index >= 15 is 0 Å². The molecule has 0 aliphatic heterocycles. The molecule has 0 unspecified atom stereocenters. The van der Waals surface area contributed by atoms with E-state index in [1.54, 1.807) is 6.20 Å². The van der Waals surface area contributed by atoms with Crippen molar-refractivity contribution in [3.63, 3.8) is 0 Å². The van der Waals surface area contributed by atoms with Crippen molar-refractivity contribution < 1.29 is 4.74 Å². The summed E-state index contributed by atoms with van der Waals surface area (Å²) in [5, 5.41) is 1.18. The second-order valence-electron chi connectivity index (χ2n) is 5.29. The Labute approximate surface area is 130 Å². The Hall–Kier alpha value is -1.88. The Morgan fingerprint density at radius 3 is 3.00 bits per heavy atom. The average Bonchev–Trinajstić information content (AvgIpc) is 3.30. The first kappa shape index (κ1) is 12.8. The van der Waals surface area contributed by atoms with Crippen LogP contribution in [0.3, 0.4) is 0 Å². The van der Waals surface area contributed by atoms with Gasteiger partial charge in [-0.15, -0.1) is 0 Å². The van der Waals surface area contributed by atoms with Gasteiger partial charge in [0.05, 0.1) is 5.69 Å². The van der Waals surface area contributed by atoms with Crippen LogP contribution < -0.4 is 4.74 Å². The van der Waals surface area contributed by atoms with E-state index in [1.165, 1.54) is 23.8 Å². The van der Waals surface area contributed by atoms with Crippen LogP contribution in [-0.2, 0) is 6.61 Å². The predicted octanol–water partition coefficient (Wildman–Crippen LogP) is 4.18. The molecule has 0 spiro atoms. The summed E-state index contributed by atoms with van der Waals surface area (Å²) in [4.78, 5) is 12.0. The number of aromatic amines is 1. The third-order valence-electron chi connectivity index (χ3n) is 3.71. The Morgan fingerprint density at radius 2 is 2.24 bits per heavy atom. The van der Waals surface area contributed by atoms with E-state index in [0.717, 1.165) is 15.8 Å². The summed E-state index contributed by atoms with van der Waals surface area (Å²) in [7, 11) is 0. The molecule has 3 aromatic heterocycles. The monoisotopic (exact) mass is 343 g/mol. The minimum Gasteiger partial charge on any atom is -0.471 e. The maximum atomic E-state index is 5.82. The molecule has 0 saturated heterocycles. The highest BCUT2D eigenvalue weighted by Gasteiger charge is 2.28. The topological polar surface area (TPSA) is 50.8 Å². The molecule has 1 aliphatic rings. The summed E-state index contributed by atoms with van der Waals surface area (Å²) in [6.45, 7) is 0.436. The fraction of sp³-hybridized carbons (Fsp3) is 0.250. The molecule has 0 atom stereocenters. The number of H-pyrrole nitrogens is 1. The van der Waals surface area contributed by atoms with Crippen LogP contribution >= 0.6 is 15.9 Å². The van der Waals surface area contributed by atoms with Gasteiger partial charge in [0.15, 0.2) is 0 Å². The number of nitrogens with zero attached hydrogens (tertiary/aromatic N) is 2. The SMILES string of the molecule is Brc1c[nH]c2nc(OCc3ccccn3)cc(C3CC3)c12. The van der Waals surface area contributed by atoms with E-state index in [2.05, 4.69) is 36.9 Å². The minimum atomic E-state index is 0.436. The van der Waals surface area contributed by atoms with Crippen LogP contribution in [-0.4, -0.2) is 15.0 Å². The number of nitrogens with one attached hydrogen (secondary N) is 1. The summed E-state index contributed by atoms with van der Waals surface area (Å²) in [6.07, 6.45) is 6.20. The third-order valence-corrected chi connectivity index (χ3v) is 4.34. The van der Waals surface area contributed by atoms with Crippen LogP contribution in [0.15, 0.2) is 41.1 Å². The summed E-state index contributed by atoms with van der Waals surface area (Å²) < 4.78 is 6.89. The van der Waals surface area contributed by atoms with Crippen LogP contribution in [0.1, 0.15) is 30.0 Å². The van der Waals surface area contributed by atoms with Crippen molar-refractivity contribution in [1.82, 2.24) is 15.0 Å². The second kappa shape index (κ2) is 5.15. The number of pyridine rings is 2. The molecule has 1 saturated carbocycles. The summed E-state index contributed by atoms with van der Waals surface area (Å²) in [5.41, 5.74) is 3.10. The van der Waals surface area contributed by atoms with Gasteiger partial charge in [0, 0.05) is 28.3 Å². The number of rotatable bonds is 4. The first-order valence-electron chi connectivity index (χ1n) is 7.01. The van der Waals surface area contributed by atoms with Gasteiger partial charge in [-0.05, 0) is 52.4 Å². The van der Waals surface area contributed by atoms with Crippen LogP contribution in [0.25, 0.3) is 11.0 Å². The van der Waals surface area contributed by atoms with Crippen molar-refractivity contribution in [1.29, 1.82) is 0 Å². The van der Waals surface area contributed by atoms with Crippen LogP contribution in [0.4, 0.5) is 0 Å². The Kier molecular flexibility index (Phi) is 3.15. The lowest BCUT2D eigenvalue weighted by atomic mass is 10.1. The zero-order chi connectivity index (χ0) is 14.2. The van der Waals surface area contributed by atoms with Crippen LogP contribution in [0.2, 0.25) is 0 Å². The van der Waals surface area contributed by atoms with Gasteiger partial charge in [-0.2, -0.15) is 4.98 Å². The molecular weight excluding hydrogens is 330 g/mol. The zero-order valence-electron chi connectivity index (χ0n) is 11.3. The highest BCUT2D eigenvalue weighted by molar-refractivity contribution is 9.10. The maximum absolute atomic E-state index is 5.82. The normalized spacial score (nSPS) is 14.5. The third kappa shape index (κ3) is 2.53. The summed E-state index contributed by atoms with van der Waals surface area (Å²) in [5.74, 6) is 1.30.